The molecule has 1 saturated heterocycles. The zero-order valence-electron chi connectivity index (χ0n) is 16.0. The lowest BCUT2D eigenvalue weighted by Crippen LogP contribution is -2.47. The summed E-state index contributed by atoms with van der Waals surface area (Å²) in [6.07, 6.45) is 1.02. The average Bonchev–Trinajstić information content (AvgIpc) is 2.74. The SMILES string of the molecule is COc1ccc(S(=O)(=O)N2CCC(NC(=O)COc3ccc(F)cc3)CC2)cc1. The number of carbonyl (C=O) groups excluding carboxylic acids is 1. The van der Waals surface area contributed by atoms with Crippen LogP contribution in [0.15, 0.2) is 53.4 Å². The number of sulfonamides is 1. The second kappa shape index (κ2) is 9.23. The van der Waals surface area contributed by atoms with Gasteiger partial charge in [0.05, 0.1) is 12.0 Å². The molecule has 1 aliphatic heterocycles. The van der Waals surface area contributed by atoms with Gasteiger partial charge in [-0.3, -0.25) is 4.79 Å². The molecule has 0 spiro atoms. The summed E-state index contributed by atoms with van der Waals surface area (Å²) >= 11 is 0. The third-order valence-electron chi connectivity index (χ3n) is 4.70. The molecule has 0 saturated carbocycles. The molecule has 1 aliphatic rings. The molecule has 0 atom stereocenters. The maximum Gasteiger partial charge on any atom is 0.258 e. The van der Waals surface area contributed by atoms with Crippen molar-refractivity contribution in [3.05, 3.63) is 54.3 Å². The molecule has 9 heteroatoms. The normalized spacial score (nSPS) is 15.7. The Bertz CT molecular complexity index is 924. The van der Waals surface area contributed by atoms with E-state index in [0.717, 1.165) is 0 Å². The Morgan fingerprint density at radius 1 is 1.07 bits per heavy atom. The van der Waals surface area contributed by atoms with Crippen LogP contribution in [-0.2, 0) is 14.8 Å². The lowest BCUT2D eigenvalue weighted by Gasteiger charge is -2.31. The molecule has 3 rings (SSSR count). The van der Waals surface area contributed by atoms with E-state index in [-0.39, 0.29) is 29.3 Å². The molecule has 1 N–H and O–H groups in total. The lowest BCUT2D eigenvalue weighted by atomic mass is 10.1. The van der Waals surface area contributed by atoms with E-state index >= 15 is 0 Å². The molecule has 0 aliphatic carbocycles. The molecule has 1 fully saturated rings. The first kappa shape index (κ1) is 21.1. The number of nitrogens with zero attached hydrogens (tertiary/aromatic N) is 1. The molecule has 2 aromatic rings. The summed E-state index contributed by atoms with van der Waals surface area (Å²) in [6, 6.07) is 11.6. The van der Waals surface area contributed by atoms with E-state index in [4.69, 9.17) is 9.47 Å². The van der Waals surface area contributed by atoms with Crippen LogP contribution in [0.25, 0.3) is 0 Å². The van der Waals surface area contributed by atoms with Gasteiger partial charge in [0.25, 0.3) is 5.91 Å². The minimum Gasteiger partial charge on any atom is -0.497 e. The highest BCUT2D eigenvalue weighted by atomic mass is 32.2. The summed E-state index contributed by atoms with van der Waals surface area (Å²) in [4.78, 5) is 12.3. The Morgan fingerprint density at radius 3 is 2.24 bits per heavy atom. The van der Waals surface area contributed by atoms with Gasteiger partial charge in [-0.15, -0.1) is 0 Å². The number of methoxy groups -OCH3 is 1. The number of carbonyl (C=O) groups is 1. The zero-order valence-corrected chi connectivity index (χ0v) is 16.8. The van der Waals surface area contributed by atoms with Crippen molar-refractivity contribution in [2.45, 2.75) is 23.8 Å². The Labute approximate surface area is 169 Å². The Kier molecular flexibility index (Phi) is 6.71. The molecular weight excluding hydrogens is 399 g/mol. The van der Waals surface area contributed by atoms with Crippen LogP contribution in [0.4, 0.5) is 4.39 Å². The molecule has 1 amide bonds. The number of amides is 1. The molecule has 0 bridgehead atoms. The summed E-state index contributed by atoms with van der Waals surface area (Å²) in [5.74, 6) is 0.319. The van der Waals surface area contributed by atoms with Crippen LogP contribution in [0.2, 0.25) is 0 Å². The average molecular weight is 422 g/mol. The van der Waals surface area contributed by atoms with E-state index in [2.05, 4.69) is 5.32 Å². The first-order valence-electron chi connectivity index (χ1n) is 9.20. The van der Waals surface area contributed by atoms with Crippen molar-refractivity contribution < 1.29 is 27.1 Å². The Hall–Kier alpha value is -2.65. The number of benzene rings is 2. The van der Waals surface area contributed by atoms with E-state index in [1.165, 1.54) is 47.8 Å². The van der Waals surface area contributed by atoms with Crippen molar-refractivity contribution in [2.24, 2.45) is 0 Å². The quantitative estimate of drug-likeness (QED) is 0.739. The van der Waals surface area contributed by atoms with Gasteiger partial charge < -0.3 is 14.8 Å². The van der Waals surface area contributed by atoms with E-state index in [1.54, 1.807) is 12.1 Å². The van der Waals surface area contributed by atoms with Crippen molar-refractivity contribution in [1.82, 2.24) is 9.62 Å². The minimum absolute atomic E-state index is 0.123. The van der Waals surface area contributed by atoms with Crippen LogP contribution >= 0.6 is 0 Å². The van der Waals surface area contributed by atoms with Gasteiger partial charge >= 0.3 is 0 Å². The van der Waals surface area contributed by atoms with Gasteiger partial charge in [0.15, 0.2) is 6.61 Å². The maximum atomic E-state index is 12.9. The third kappa shape index (κ3) is 5.45. The minimum atomic E-state index is -3.58. The first-order chi connectivity index (χ1) is 13.9. The van der Waals surface area contributed by atoms with E-state index < -0.39 is 10.0 Å². The van der Waals surface area contributed by atoms with Crippen LogP contribution in [0, 0.1) is 5.82 Å². The number of nitrogens with one attached hydrogen (secondary N) is 1. The van der Waals surface area contributed by atoms with Crippen molar-refractivity contribution in [2.75, 3.05) is 26.8 Å². The standard InChI is InChI=1S/C20H23FN2O5S/c1-27-17-6-8-19(9-7-17)29(25,26)23-12-10-16(11-13-23)22-20(24)14-28-18-4-2-15(21)3-5-18/h2-9,16H,10-14H2,1H3,(H,22,24). The van der Waals surface area contributed by atoms with Gasteiger partial charge in [-0.2, -0.15) is 4.31 Å². The fourth-order valence-electron chi connectivity index (χ4n) is 3.09. The van der Waals surface area contributed by atoms with Gasteiger partial charge in [-0.05, 0) is 61.4 Å². The molecule has 29 heavy (non-hydrogen) atoms. The summed E-state index contributed by atoms with van der Waals surface area (Å²) in [5.41, 5.74) is 0. The molecule has 0 aromatic heterocycles. The van der Waals surface area contributed by atoms with Crippen LogP contribution in [0.5, 0.6) is 11.5 Å². The van der Waals surface area contributed by atoms with E-state index in [9.17, 15) is 17.6 Å². The maximum absolute atomic E-state index is 12.9. The highest BCUT2D eigenvalue weighted by molar-refractivity contribution is 7.89. The number of hydrogen-bond donors (Lipinski definition) is 1. The molecular formula is C20H23FN2O5S. The molecule has 7 nitrogen and oxygen atoms in total. The zero-order chi connectivity index (χ0) is 20.9. The largest absolute Gasteiger partial charge is 0.497 e. The number of piperidine rings is 1. The second-order valence-corrected chi connectivity index (χ2v) is 8.60. The van der Waals surface area contributed by atoms with Gasteiger partial charge in [-0.25, -0.2) is 12.8 Å². The van der Waals surface area contributed by atoms with Crippen LogP contribution in [0.1, 0.15) is 12.8 Å². The van der Waals surface area contributed by atoms with Crippen molar-refractivity contribution >= 4 is 15.9 Å². The van der Waals surface area contributed by atoms with Crippen molar-refractivity contribution in [3.63, 3.8) is 0 Å². The lowest BCUT2D eigenvalue weighted by molar-refractivity contribution is -0.124. The van der Waals surface area contributed by atoms with Crippen molar-refractivity contribution in [3.8, 4) is 11.5 Å². The number of ether oxygens (including phenoxy) is 2. The topological polar surface area (TPSA) is 84.9 Å². The molecule has 2 aromatic carbocycles. The smallest absolute Gasteiger partial charge is 0.258 e. The highest BCUT2D eigenvalue weighted by Gasteiger charge is 2.30. The first-order valence-corrected chi connectivity index (χ1v) is 10.6. The fraction of sp³-hybridized carbons (Fsp3) is 0.350. The Balaban J connectivity index is 1.47. The summed E-state index contributed by atoms with van der Waals surface area (Å²) < 4.78 is 50.2. The Morgan fingerprint density at radius 2 is 1.66 bits per heavy atom. The molecule has 156 valence electrons. The monoisotopic (exact) mass is 422 g/mol. The van der Waals surface area contributed by atoms with Crippen LogP contribution in [0.3, 0.4) is 0 Å². The fourth-order valence-corrected chi connectivity index (χ4v) is 4.56. The third-order valence-corrected chi connectivity index (χ3v) is 6.61. The number of rotatable bonds is 7. The second-order valence-electron chi connectivity index (χ2n) is 6.66. The van der Waals surface area contributed by atoms with E-state index in [1.807, 2.05) is 0 Å². The molecule has 0 unspecified atom stereocenters. The summed E-state index contributed by atoms with van der Waals surface area (Å²) in [6.45, 7) is 0.451. The summed E-state index contributed by atoms with van der Waals surface area (Å²) in [7, 11) is -2.06. The highest BCUT2D eigenvalue weighted by Crippen LogP contribution is 2.23. The predicted molar refractivity (Wildman–Crippen MR) is 105 cm³/mol. The predicted octanol–water partition coefficient (Wildman–Crippen LogP) is 2.18. The molecule has 1 heterocycles. The number of halogens is 1. The van der Waals surface area contributed by atoms with Crippen LogP contribution in [-0.4, -0.2) is 51.5 Å². The van der Waals surface area contributed by atoms with Gasteiger partial charge in [0.1, 0.15) is 17.3 Å². The van der Waals surface area contributed by atoms with Crippen LogP contribution < -0.4 is 14.8 Å². The summed E-state index contributed by atoms with van der Waals surface area (Å²) in [5, 5.41) is 2.85. The molecule has 0 radical (unpaired) electrons. The van der Waals surface area contributed by atoms with Crippen molar-refractivity contribution in [1.29, 1.82) is 0 Å². The van der Waals surface area contributed by atoms with Gasteiger partial charge in [0, 0.05) is 19.1 Å². The van der Waals surface area contributed by atoms with Gasteiger partial charge in [-0.1, -0.05) is 0 Å². The van der Waals surface area contributed by atoms with E-state index in [0.29, 0.717) is 37.4 Å². The van der Waals surface area contributed by atoms with Gasteiger partial charge in [0.2, 0.25) is 10.0 Å². The number of hydrogen-bond acceptors (Lipinski definition) is 5.